The molecule has 1 heterocycles. The Kier molecular flexibility index (Phi) is 3.79. The Morgan fingerprint density at radius 2 is 2.20 bits per heavy atom. The summed E-state index contributed by atoms with van der Waals surface area (Å²) in [4.78, 5) is 8.85. The third kappa shape index (κ3) is 2.42. The van der Waals surface area contributed by atoms with Crippen molar-refractivity contribution in [2.24, 2.45) is 0 Å². The molecule has 0 aliphatic heterocycles. The molecule has 1 aromatic heterocycles. The summed E-state index contributed by atoms with van der Waals surface area (Å²) in [5.74, 6) is 1.40. The van der Waals surface area contributed by atoms with E-state index in [1.807, 2.05) is 0 Å². The average molecular weight is 339 g/mol. The van der Waals surface area contributed by atoms with E-state index in [1.54, 1.807) is 7.11 Å². The summed E-state index contributed by atoms with van der Waals surface area (Å²) in [6, 6.07) is 0. The first kappa shape index (κ1) is 11.5. The monoisotopic (exact) mass is 338 g/mol. The lowest BCUT2D eigenvalue weighted by molar-refractivity contribution is 0.180. The lowest BCUT2D eigenvalue weighted by atomic mass is 9.85. The van der Waals surface area contributed by atoms with E-state index in [0.29, 0.717) is 17.7 Å². The molecule has 0 spiro atoms. The van der Waals surface area contributed by atoms with Gasteiger partial charge in [-0.25, -0.2) is 9.97 Å². The predicted octanol–water partition coefficient (Wildman–Crippen LogP) is 3.15. The molecule has 0 N–H and O–H groups in total. The normalized spacial score (nSPS) is 16.5. The minimum Gasteiger partial charge on any atom is -0.378 e. The highest BCUT2D eigenvalue weighted by Crippen LogP contribution is 2.35. The first-order valence-electron chi connectivity index (χ1n) is 4.93. The van der Waals surface area contributed by atoms with Crippen LogP contribution in [0.2, 0.25) is 5.15 Å². The summed E-state index contributed by atoms with van der Waals surface area (Å²) in [5, 5.41) is 0.555. The summed E-state index contributed by atoms with van der Waals surface area (Å²) >= 11 is 8.23. The number of hydrogen-bond donors (Lipinski definition) is 0. The molecule has 0 unspecified atom stereocenters. The zero-order valence-corrected chi connectivity index (χ0v) is 11.4. The third-order valence-corrected chi connectivity index (χ3v) is 4.37. The van der Waals surface area contributed by atoms with Crippen LogP contribution in [0.1, 0.15) is 36.7 Å². The van der Waals surface area contributed by atoms with Crippen molar-refractivity contribution < 1.29 is 4.74 Å². The molecule has 0 radical (unpaired) electrons. The Morgan fingerprint density at radius 1 is 1.47 bits per heavy atom. The van der Waals surface area contributed by atoms with Gasteiger partial charge in [-0.15, -0.1) is 0 Å². The number of methoxy groups -OCH3 is 1. The van der Waals surface area contributed by atoms with Crippen molar-refractivity contribution in [3.8, 4) is 0 Å². The van der Waals surface area contributed by atoms with Crippen LogP contribution in [0.3, 0.4) is 0 Å². The topological polar surface area (TPSA) is 35.0 Å². The lowest BCUT2D eigenvalue weighted by Crippen LogP contribution is -2.15. The molecule has 0 atom stereocenters. The van der Waals surface area contributed by atoms with E-state index in [4.69, 9.17) is 16.3 Å². The van der Waals surface area contributed by atoms with Gasteiger partial charge in [-0.2, -0.15) is 0 Å². The Balaban J connectivity index is 2.31. The van der Waals surface area contributed by atoms with Crippen molar-refractivity contribution in [2.45, 2.75) is 31.8 Å². The van der Waals surface area contributed by atoms with Gasteiger partial charge in [0, 0.05) is 13.0 Å². The van der Waals surface area contributed by atoms with Gasteiger partial charge in [0.1, 0.15) is 11.0 Å². The summed E-state index contributed by atoms with van der Waals surface area (Å²) < 4.78 is 6.00. The van der Waals surface area contributed by atoms with E-state index in [1.165, 1.54) is 19.3 Å². The van der Waals surface area contributed by atoms with Crippen LogP contribution in [-0.4, -0.2) is 17.1 Å². The van der Waals surface area contributed by atoms with Crippen LogP contribution in [-0.2, 0) is 11.3 Å². The van der Waals surface area contributed by atoms with Gasteiger partial charge < -0.3 is 4.74 Å². The molecular formula is C10H12ClIN2O. The fourth-order valence-electron chi connectivity index (χ4n) is 1.56. The average Bonchev–Trinajstić information content (AvgIpc) is 2.11. The zero-order chi connectivity index (χ0) is 10.8. The SMILES string of the molecule is COCc1nc(C2CCC2)nc(Cl)c1I. The van der Waals surface area contributed by atoms with Gasteiger partial charge in [0.25, 0.3) is 0 Å². The van der Waals surface area contributed by atoms with E-state index < -0.39 is 0 Å². The van der Waals surface area contributed by atoms with Gasteiger partial charge in [0.15, 0.2) is 0 Å². The van der Waals surface area contributed by atoms with Gasteiger partial charge in [0.05, 0.1) is 15.9 Å². The van der Waals surface area contributed by atoms with Crippen molar-refractivity contribution in [1.29, 1.82) is 0 Å². The van der Waals surface area contributed by atoms with Crippen molar-refractivity contribution in [3.05, 3.63) is 20.2 Å². The van der Waals surface area contributed by atoms with Gasteiger partial charge >= 0.3 is 0 Å². The second-order valence-corrected chi connectivity index (χ2v) is 5.13. The van der Waals surface area contributed by atoms with Gasteiger partial charge in [-0.3, -0.25) is 0 Å². The minimum absolute atomic E-state index is 0.500. The number of halogens is 2. The third-order valence-electron chi connectivity index (χ3n) is 2.65. The fraction of sp³-hybridized carbons (Fsp3) is 0.600. The maximum Gasteiger partial charge on any atom is 0.146 e. The van der Waals surface area contributed by atoms with Crippen LogP contribution in [0.25, 0.3) is 0 Å². The molecule has 0 bridgehead atoms. The first-order chi connectivity index (χ1) is 7.22. The van der Waals surface area contributed by atoms with Crippen LogP contribution in [0.4, 0.5) is 0 Å². The van der Waals surface area contributed by atoms with Crippen molar-refractivity contribution >= 4 is 34.2 Å². The Morgan fingerprint density at radius 3 is 2.73 bits per heavy atom. The second kappa shape index (κ2) is 4.93. The highest BCUT2D eigenvalue weighted by Gasteiger charge is 2.24. The minimum atomic E-state index is 0.500. The molecule has 1 saturated carbocycles. The smallest absolute Gasteiger partial charge is 0.146 e. The van der Waals surface area contributed by atoms with E-state index in [9.17, 15) is 0 Å². The fourth-order valence-corrected chi connectivity index (χ4v) is 2.16. The van der Waals surface area contributed by atoms with Gasteiger partial charge in [0.2, 0.25) is 0 Å². The molecule has 0 aromatic carbocycles. The van der Waals surface area contributed by atoms with E-state index in [2.05, 4.69) is 32.6 Å². The van der Waals surface area contributed by atoms with Crippen LogP contribution < -0.4 is 0 Å². The maximum atomic E-state index is 6.07. The molecule has 1 aliphatic rings. The van der Waals surface area contributed by atoms with Crippen molar-refractivity contribution in [3.63, 3.8) is 0 Å². The first-order valence-corrected chi connectivity index (χ1v) is 6.38. The second-order valence-electron chi connectivity index (χ2n) is 3.69. The number of nitrogens with zero attached hydrogens (tertiary/aromatic N) is 2. The molecule has 5 heteroatoms. The molecular weight excluding hydrogens is 326 g/mol. The van der Waals surface area contributed by atoms with Crippen LogP contribution >= 0.6 is 34.2 Å². The zero-order valence-electron chi connectivity index (χ0n) is 8.46. The highest BCUT2D eigenvalue weighted by molar-refractivity contribution is 14.1. The van der Waals surface area contributed by atoms with Crippen molar-refractivity contribution in [1.82, 2.24) is 9.97 Å². The quantitative estimate of drug-likeness (QED) is 0.627. The number of aromatic nitrogens is 2. The van der Waals surface area contributed by atoms with Crippen LogP contribution in [0.5, 0.6) is 0 Å². The summed E-state index contributed by atoms with van der Waals surface area (Å²) in [5.41, 5.74) is 0.903. The Labute approximate surface area is 108 Å². The molecule has 1 fully saturated rings. The highest BCUT2D eigenvalue weighted by atomic mass is 127. The number of ether oxygens (including phenoxy) is 1. The van der Waals surface area contributed by atoms with E-state index in [-0.39, 0.29) is 0 Å². The van der Waals surface area contributed by atoms with Crippen LogP contribution in [0.15, 0.2) is 0 Å². The molecule has 0 amide bonds. The molecule has 15 heavy (non-hydrogen) atoms. The Hall–Kier alpha value is 0.0600. The molecule has 82 valence electrons. The molecule has 1 aliphatic carbocycles. The molecule has 2 rings (SSSR count). The largest absolute Gasteiger partial charge is 0.378 e. The summed E-state index contributed by atoms with van der Waals surface area (Å²) in [7, 11) is 1.66. The summed E-state index contributed by atoms with van der Waals surface area (Å²) in [6.45, 7) is 0.500. The molecule has 1 aromatic rings. The number of hydrogen-bond acceptors (Lipinski definition) is 3. The van der Waals surface area contributed by atoms with Gasteiger partial charge in [-0.05, 0) is 35.4 Å². The van der Waals surface area contributed by atoms with Crippen molar-refractivity contribution in [2.75, 3.05) is 7.11 Å². The lowest BCUT2D eigenvalue weighted by Gasteiger charge is -2.24. The standard InChI is InChI=1S/C10H12ClIN2O/c1-15-5-7-8(12)9(11)14-10(13-7)6-3-2-4-6/h6H,2-5H2,1H3. The predicted molar refractivity (Wildman–Crippen MR) is 67.1 cm³/mol. The molecule has 0 saturated heterocycles. The number of rotatable bonds is 3. The van der Waals surface area contributed by atoms with Crippen LogP contribution in [0, 0.1) is 3.57 Å². The Bertz CT molecular complexity index is 369. The maximum absolute atomic E-state index is 6.07. The summed E-state index contributed by atoms with van der Waals surface area (Å²) in [6.07, 6.45) is 3.64. The van der Waals surface area contributed by atoms with Gasteiger partial charge in [-0.1, -0.05) is 18.0 Å². The van der Waals surface area contributed by atoms with E-state index in [0.717, 1.165) is 15.1 Å². The van der Waals surface area contributed by atoms with E-state index >= 15 is 0 Å². The molecule has 3 nitrogen and oxygen atoms in total.